The van der Waals surface area contributed by atoms with Gasteiger partial charge in [0, 0.05) is 25.7 Å². The largest absolute Gasteiger partial charge is 0.396 e. The van der Waals surface area contributed by atoms with Gasteiger partial charge in [-0.1, -0.05) is 18.5 Å². The van der Waals surface area contributed by atoms with Crippen LogP contribution in [0.5, 0.6) is 0 Å². The molecule has 0 aliphatic rings. The van der Waals surface area contributed by atoms with Crippen molar-refractivity contribution in [2.24, 2.45) is 5.92 Å². The first kappa shape index (κ1) is 16.2. The Labute approximate surface area is 121 Å². The van der Waals surface area contributed by atoms with Crippen LogP contribution in [-0.2, 0) is 4.79 Å². The number of nitrogens with one attached hydrogen (secondary N) is 1. The van der Waals surface area contributed by atoms with Crippen LogP contribution in [0.1, 0.15) is 17.3 Å². The minimum Gasteiger partial charge on any atom is -0.396 e. The smallest absolute Gasteiger partial charge is 0.255 e. The van der Waals surface area contributed by atoms with Gasteiger partial charge in [-0.2, -0.15) is 0 Å². The molecule has 1 aromatic rings. The Morgan fingerprint density at radius 2 is 2.10 bits per heavy atom. The van der Waals surface area contributed by atoms with Gasteiger partial charge in [-0.25, -0.2) is 4.39 Å². The lowest BCUT2D eigenvalue weighted by molar-refractivity contribution is -0.124. The zero-order valence-electron chi connectivity index (χ0n) is 11.5. The van der Waals surface area contributed by atoms with E-state index < -0.39 is 11.7 Å². The number of hydrogen-bond acceptors (Lipinski definition) is 3. The zero-order valence-corrected chi connectivity index (χ0v) is 12.3. The lowest BCUT2D eigenvalue weighted by atomic mass is 10.1. The number of halogens is 2. The van der Waals surface area contributed by atoms with E-state index in [9.17, 15) is 14.0 Å². The molecule has 0 bridgehead atoms. The number of rotatable bonds is 4. The van der Waals surface area contributed by atoms with Crippen LogP contribution >= 0.6 is 11.6 Å². The normalized spacial score (nSPS) is 11.8. The molecule has 0 fully saturated rings. The van der Waals surface area contributed by atoms with E-state index in [0.29, 0.717) is 0 Å². The van der Waals surface area contributed by atoms with Crippen molar-refractivity contribution >= 4 is 29.1 Å². The van der Waals surface area contributed by atoms with Gasteiger partial charge in [0.1, 0.15) is 5.82 Å². The number of nitrogens with two attached hydrogens (primary N) is 1. The number of carbonyl (C=O) groups excluding carboxylic acids is 2. The van der Waals surface area contributed by atoms with E-state index >= 15 is 0 Å². The van der Waals surface area contributed by atoms with Crippen molar-refractivity contribution in [2.45, 2.75) is 6.92 Å². The van der Waals surface area contributed by atoms with Crippen molar-refractivity contribution in [2.75, 3.05) is 26.4 Å². The second-order valence-corrected chi connectivity index (χ2v) is 4.99. The third-order valence-electron chi connectivity index (χ3n) is 2.91. The quantitative estimate of drug-likeness (QED) is 0.828. The first-order valence-electron chi connectivity index (χ1n) is 5.99. The summed E-state index contributed by atoms with van der Waals surface area (Å²) in [5.41, 5.74) is 5.28. The van der Waals surface area contributed by atoms with E-state index in [4.69, 9.17) is 17.3 Å². The number of anilines is 1. The highest BCUT2D eigenvalue weighted by Gasteiger charge is 2.21. The first-order valence-corrected chi connectivity index (χ1v) is 6.37. The lowest BCUT2D eigenvalue weighted by Gasteiger charge is -2.21. The predicted molar refractivity (Wildman–Crippen MR) is 76.0 cm³/mol. The molecule has 0 saturated carbocycles. The fourth-order valence-electron chi connectivity index (χ4n) is 1.79. The molecule has 0 aromatic heterocycles. The van der Waals surface area contributed by atoms with Crippen LogP contribution in [0.15, 0.2) is 12.1 Å². The molecule has 2 amide bonds. The maximum Gasteiger partial charge on any atom is 0.255 e. The Bertz CT molecular complexity index is 537. The first-order chi connectivity index (χ1) is 9.27. The van der Waals surface area contributed by atoms with Crippen LogP contribution in [0.4, 0.5) is 10.1 Å². The average Bonchev–Trinajstić information content (AvgIpc) is 2.40. The van der Waals surface area contributed by atoms with Crippen LogP contribution in [0.25, 0.3) is 0 Å². The highest BCUT2D eigenvalue weighted by Crippen LogP contribution is 2.23. The summed E-state index contributed by atoms with van der Waals surface area (Å²) in [5, 5.41) is 2.59. The molecule has 3 N–H and O–H groups in total. The third kappa shape index (κ3) is 3.60. The number of carbonyl (C=O) groups is 2. The number of benzene rings is 1. The molecule has 1 aromatic carbocycles. The van der Waals surface area contributed by atoms with Crippen molar-refractivity contribution in [3.8, 4) is 0 Å². The molecule has 5 nitrogen and oxygen atoms in total. The number of nitrogens with zero attached hydrogens (tertiary/aromatic N) is 1. The van der Waals surface area contributed by atoms with Gasteiger partial charge < -0.3 is 16.0 Å². The van der Waals surface area contributed by atoms with Gasteiger partial charge in [0.25, 0.3) is 5.91 Å². The van der Waals surface area contributed by atoms with Crippen LogP contribution in [0.2, 0.25) is 5.02 Å². The summed E-state index contributed by atoms with van der Waals surface area (Å²) in [5.74, 6) is -1.80. The summed E-state index contributed by atoms with van der Waals surface area (Å²) in [6.45, 7) is 1.87. The Hall–Kier alpha value is -1.82. The molecular formula is C13H17ClFN3O2. The molecule has 110 valence electrons. The van der Waals surface area contributed by atoms with E-state index in [1.165, 1.54) is 25.1 Å². The molecule has 0 heterocycles. The standard InChI is InChI=1S/C13H17ClFN3O2/c1-7(12(19)17-2)6-18(3)13(20)9-4-8(14)5-10(15)11(9)16/h4-5,7H,6,16H2,1-3H3,(H,17,19)/t7-/m1/s1. The highest BCUT2D eigenvalue weighted by molar-refractivity contribution is 6.31. The summed E-state index contributed by atoms with van der Waals surface area (Å²) >= 11 is 5.72. The van der Waals surface area contributed by atoms with Gasteiger partial charge in [-0.3, -0.25) is 9.59 Å². The van der Waals surface area contributed by atoms with E-state index in [0.717, 1.165) is 6.07 Å². The summed E-state index contributed by atoms with van der Waals surface area (Å²) in [6.07, 6.45) is 0. The van der Waals surface area contributed by atoms with Crippen molar-refractivity contribution in [1.82, 2.24) is 10.2 Å². The highest BCUT2D eigenvalue weighted by atomic mass is 35.5. The summed E-state index contributed by atoms with van der Waals surface area (Å²) in [7, 11) is 3.03. The van der Waals surface area contributed by atoms with Gasteiger partial charge in [-0.05, 0) is 12.1 Å². The van der Waals surface area contributed by atoms with Gasteiger partial charge in [0.05, 0.1) is 17.2 Å². The SMILES string of the molecule is CNC(=O)[C@H](C)CN(C)C(=O)c1cc(Cl)cc(F)c1N. The molecular weight excluding hydrogens is 285 g/mol. The fraction of sp³-hybridized carbons (Fsp3) is 0.385. The van der Waals surface area contributed by atoms with E-state index in [-0.39, 0.29) is 34.6 Å². The maximum atomic E-state index is 13.5. The van der Waals surface area contributed by atoms with Crippen LogP contribution in [0, 0.1) is 11.7 Å². The summed E-state index contributed by atoms with van der Waals surface area (Å²) < 4.78 is 13.5. The molecule has 0 unspecified atom stereocenters. The molecule has 0 radical (unpaired) electrons. The molecule has 0 saturated heterocycles. The van der Waals surface area contributed by atoms with Gasteiger partial charge in [0.2, 0.25) is 5.91 Å². The minimum atomic E-state index is -0.742. The maximum absolute atomic E-state index is 13.5. The zero-order chi connectivity index (χ0) is 15.4. The third-order valence-corrected chi connectivity index (χ3v) is 3.13. The monoisotopic (exact) mass is 301 g/mol. The minimum absolute atomic E-state index is 0.0124. The fourth-order valence-corrected chi connectivity index (χ4v) is 2.00. The molecule has 1 atom stereocenters. The van der Waals surface area contributed by atoms with Crippen LogP contribution in [0.3, 0.4) is 0 Å². The number of nitrogen functional groups attached to an aromatic ring is 1. The second-order valence-electron chi connectivity index (χ2n) is 4.55. The number of hydrogen-bond donors (Lipinski definition) is 2. The van der Waals surface area contributed by atoms with E-state index in [2.05, 4.69) is 5.32 Å². The average molecular weight is 302 g/mol. The van der Waals surface area contributed by atoms with Crippen molar-refractivity contribution < 1.29 is 14.0 Å². The van der Waals surface area contributed by atoms with Gasteiger partial charge in [0.15, 0.2) is 0 Å². The van der Waals surface area contributed by atoms with Crippen molar-refractivity contribution in [3.63, 3.8) is 0 Å². The van der Waals surface area contributed by atoms with Crippen molar-refractivity contribution in [3.05, 3.63) is 28.5 Å². The number of amides is 2. The molecule has 0 aliphatic heterocycles. The van der Waals surface area contributed by atoms with Gasteiger partial charge in [-0.15, -0.1) is 0 Å². The van der Waals surface area contributed by atoms with Crippen LogP contribution < -0.4 is 11.1 Å². The second kappa shape index (κ2) is 6.56. The van der Waals surface area contributed by atoms with Crippen molar-refractivity contribution in [1.29, 1.82) is 0 Å². The summed E-state index contributed by atoms with van der Waals surface area (Å²) in [4.78, 5) is 24.9. The Morgan fingerprint density at radius 1 is 1.50 bits per heavy atom. The Balaban J connectivity index is 2.93. The van der Waals surface area contributed by atoms with Crippen LogP contribution in [-0.4, -0.2) is 37.4 Å². The Kier molecular flexibility index (Phi) is 5.33. The van der Waals surface area contributed by atoms with E-state index in [1.54, 1.807) is 6.92 Å². The molecule has 7 heteroatoms. The summed E-state index contributed by atoms with van der Waals surface area (Å²) in [6, 6.07) is 2.35. The Morgan fingerprint density at radius 3 is 2.65 bits per heavy atom. The topological polar surface area (TPSA) is 75.4 Å². The molecule has 20 heavy (non-hydrogen) atoms. The van der Waals surface area contributed by atoms with E-state index in [1.807, 2.05) is 0 Å². The molecule has 0 aliphatic carbocycles. The lowest BCUT2D eigenvalue weighted by Crippen LogP contribution is -2.37. The molecule has 1 rings (SSSR count). The predicted octanol–water partition coefficient (Wildman–Crippen LogP) is 1.52. The van der Waals surface area contributed by atoms with Gasteiger partial charge >= 0.3 is 0 Å². The molecule has 0 spiro atoms.